The van der Waals surface area contributed by atoms with Crippen LogP contribution in [0.1, 0.15) is 51.7 Å². The smallest absolute Gasteiger partial charge is 0.319 e. The molecule has 1 aromatic carbocycles. The zero-order valence-electron chi connectivity index (χ0n) is 15.1. The van der Waals surface area contributed by atoms with Gasteiger partial charge in [0.1, 0.15) is 0 Å². The highest BCUT2D eigenvalue weighted by molar-refractivity contribution is 5.89. The molecule has 128 valence electrons. The van der Waals surface area contributed by atoms with E-state index in [0.717, 1.165) is 24.8 Å². The zero-order chi connectivity index (χ0) is 17.7. The molecule has 0 aromatic heterocycles. The summed E-state index contributed by atoms with van der Waals surface area (Å²) in [6.45, 7) is 8.94. The summed E-state index contributed by atoms with van der Waals surface area (Å²) in [5.74, 6) is 0.379. The number of carbonyl (C=O) groups is 1. The summed E-state index contributed by atoms with van der Waals surface area (Å²) in [4.78, 5) is 12.3. The molecule has 1 aliphatic rings. The molecule has 0 fully saturated rings. The molecule has 0 bridgehead atoms. The molecule has 4 heteroatoms. The minimum atomic E-state index is -0.246. The first-order chi connectivity index (χ1) is 11.5. The van der Waals surface area contributed by atoms with Crippen LogP contribution in [0.2, 0.25) is 0 Å². The first-order valence-electron chi connectivity index (χ1n) is 8.75. The van der Waals surface area contributed by atoms with Crippen molar-refractivity contribution in [3.63, 3.8) is 0 Å². The molecule has 4 nitrogen and oxygen atoms in total. The van der Waals surface area contributed by atoms with Crippen molar-refractivity contribution in [2.24, 2.45) is 11.3 Å². The number of hydrogen-bond donors (Lipinski definition) is 2. The topological polar surface area (TPSA) is 64.9 Å². The van der Waals surface area contributed by atoms with Gasteiger partial charge in [0.25, 0.3) is 0 Å². The Morgan fingerprint density at radius 1 is 1.29 bits per heavy atom. The van der Waals surface area contributed by atoms with Crippen molar-refractivity contribution in [3.8, 4) is 6.07 Å². The van der Waals surface area contributed by atoms with Gasteiger partial charge in [0, 0.05) is 17.5 Å². The van der Waals surface area contributed by atoms with Gasteiger partial charge in [-0.2, -0.15) is 5.26 Å². The maximum atomic E-state index is 12.3. The van der Waals surface area contributed by atoms with Crippen molar-refractivity contribution in [3.05, 3.63) is 41.0 Å². The fraction of sp³-hybridized carbons (Fsp3) is 0.500. The van der Waals surface area contributed by atoms with Crippen LogP contribution in [0.3, 0.4) is 0 Å². The fourth-order valence-corrected chi connectivity index (χ4v) is 3.38. The number of nitriles is 1. The average Bonchev–Trinajstić information content (AvgIpc) is 2.59. The molecule has 1 aromatic rings. The van der Waals surface area contributed by atoms with Crippen LogP contribution in [-0.2, 0) is 6.42 Å². The Morgan fingerprint density at radius 3 is 2.54 bits per heavy atom. The standard InChI is InChI=1S/C20H27N3O/c1-5-20(6-2)11-15-9-7-8-10-16(15)18(17(20)12-21)23-19(24)22-13-14(3)4/h7-10,14H,5-6,11,13H2,1-4H3,(H2,22,23,24). The quantitative estimate of drug-likeness (QED) is 0.850. The van der Waals surface area contributed by atoms with Gasteiger partial charge in [-0.1, -0.05) is 52.0 Å². The summed E-state index contributed by atoms with van der Waals surface area (Å²) in [6.07, 6.45) is 2.59. The number of allylic oxidation sites excluding steroid dienone is 1. The molecule has 0 heterocycles. The Labute approximate surface area is 144 Å². The highest BCUT2D eigenvalue weighted by atomic mass is 16.2. The second kappa shape index (κ2) is 7.53. The van der Waals surface area contributed by atoms with Gasteiger partial charge >= 0.3 is 6.03 Å². The molecule has 24 heavy (non-hydrogen) atoms. The fourth-order valence-electron chi connectivity index (χ4n) is 3.38. The summed E-state index contributed by atoms with van der Waals surface area (Å²) >= 11 is 0. The van der Waals surface area contributed by atoms with E-state index >= 15 is 0 Å². The van der Waals surface area contributed by atoms with E-state index in [0.29, 0.717) is 23.7 Å². The van der Waals surface area contributed by atoms with Crippen LogP contribution in [0.5, 0.6) is 0 Å². The second-order valence-electron chi connectivity index (χ2n) is 6.91. The molecule has 0 saturated heterocycles. The molecule has 0 atom stereocenters. The minimum absolute atomic E-state index is 0.205. The molecule has 2 rings (SSSR count). The summed E-state index contributed by atoms with van der Waals surface area (Å²) in [5.41, 5.74) is 3.32. The Balaban J connectivity index is 2.46. The minimum Gasteiger partial charge on any atom is -0.338 e. The van der Waals surface area contributed by atoms with Gasteiger partial charge in [0.05, 0.1) is 17.3 Å². The normalized spacial score (nSPS) is 15.7. The number of carbonyl (C=O) groups excluding carboxylic acids is 1. The van der Waals surface area contributed by atoms with Crippen LogP contribution in [0, 0.1) is 22.7 Å². The van der Waals surface area contributed by atoms with Gasteiger partial charge in [-0.3, -0.25) is 0 Å². The molecule has 0 unspecified atom stereocenters. The second-order valence-corrected chi connectivity index (χ2v) is 6.91. The van der Waals surface area contributed by atoms with Gasteiger partial charge in [-0.05, 0) is 30.7 Å². The lowest BCUT2D eigenvalue weighted by molar-refractivity contribution is 0.243. The van der Waals surface area contributed by atoms with Crippen LogP contribution in [-0.4, -0.2) is 12.6 Å². The van der Waals surface area contributed by atoms with Crippen LogP contribution >= 0.6 is 0 Å². The number of rotatable bonds is 5. The van der Waals surface area contributed by atoms with Gasteiger partial charge < -0.3 is 10.6 Å². The molecule has 2 amide bonds. The lowest BCUT2D eigenvalue weighted by Gasteiger charge is -2.38. The van der Waals surface area contributed by atoms with E-state index in [1.807, 2.05) is 18.2 Å². The highest BCUT2D eigenvalue weighted by Gasteiger charge is 2.39. The van der Waals surface area contributed by atoms with E-state index in [2.05, 4.69) is 50.5 Å². The Kier molecular flexibility index (Phi) is 5.66. The van der Waals surface area contributed by atoms with Crippen molar-refractivity contribution < 1.29 is 4.79 Å². The molecular weight excluding hydrogens is 298 g/mol. The number of amides is 2. The first-order valence-corrected chi connectivity index (χ1v) is 8.75. The third-order valence-corrected chi connectivity index (χ3v) is 4.97. The van der Waals surface area contributed by atoms with Crippen molar-refractivity contribution in [2.75, 3.05) is 6.54 Å². The van der Waals surface area contributed by atoms with Crippen LogP contribution in [0.4, 0.5) is 4.79 Å². The Hall–Kier alpha value is -2.28. The number of nitrogens with zero attached hydrogens (tertiary/aromatic N) is 1. The lowest BCUT2D eigenvalue weighted by atomic mass is 9.66. The predicted octanol–water partition coefficient (Wildman–Crippen LogP) is 4.24. The number of nitrogens with one attached hydrogen (secondary N) is 2. The van der Waals surface area contributed by atoms with E-state index in [4.69, 9.17) is 0 Å². The predicted molar refractivity (Wildman–Crippen MR) is 97.1 cm³/mol. The first kappa shape index (κ1) is 18.1. The monoisotopic (exact) mass is 325 g/mol. The van der Waals surface area contributed by atoms with E-state index in [9.17, 15) is 10.1 Å². The van der Waals surface area contributed by atoms with E-state index < -0.39 is 0 Å². The van der Waals surface area contributed by atoms with E-state index in [1.165, 1.54) is 5.56 Å². The van der Waals surface area contributed by atoms with E-state index in [-0.39, 0.29) is 11.4 Å². The van der Waals surface area contributed by atoms with Gasteiger partial charge in [-0.25, -0.2) is 4.79 Å². The lowest BCUT2D eigenvalue weighted by Crippen LogP contribution is -2.40. The number of benzene rings is 1. The molecule has 0 aliphatic heterocycles. The van der Waals surface area contributed by atoms with Crippen molar-refractivity contribution in [2.45, 2.75) is 47.0 Å². The number of urea groups is 1. The third-order valence-electron chi connectivity index (χ3n) is 4.97. The molecule has 1 aliphatic carbocycles. The third kappa shape index (κ3) is 3.46. The van der Waals surface area contributed by atoms with Crippen molar-refractivity contribution in [1.82, 2.24) is 10.6 Å². The molecule has 0 saturated carbocycles. The average molecular weight is 325 g/mol. The van der Waals surface area contributed by atoms with Crippen LogP contribution < -0.4 is 10.6 Å². The van der Waals surface area contributed by atoms with Crippen LogP contribution in [0.25, 0.3) is 5.70 Å². The van der Waals surface area contributed by atoms with Gasteiger partial charge in [-0.15, -0.1) is 0 Å². The molecule has 0 radical (unpaired) electrons. The van der Waals surface area contributed by atoms with Gasteiger partial charge in [0.2, 0.25) is 0 Å². The largest absolute Gasteiger partial charge is 0.338 e. The summed E-state index contributed by atoms with van der Waals surface area (Å²) in [7, 11) is 0. The summed E-state index contributed by atoms with van der Waals surface area (Å²) in [6, 6.07) is 10.2. The van der Waals surface area contributed by atoms with Gasteiger partial charge in [0.15, 0.2) is 0 Å². The number of fused-ring (bicyclic) bond motifs is 1. The Morgan fingerprint density at radius 2 is 1.96 bits per heavy atom. The summed E-state index contributed by atoms with van der Waals surface area (Å²) < 4.78 is 0. The Bertz CT molecular complexity index is 678. The zero-order valence-corrected chi connectivity index (χ0v) is 15.1. The number of hydrogen-bond acceptors (Lipinski definition) is 2. The van der Waals surface area contributed by atoms with Crippen molar-refractivity contribution in [1.29, 1.82) is 5.26 Å². The molecule has 2 N–H and O–H groups in total. The van der Waals surface area contributed by atoms with Crippen molar-refractivity contribution >= 4 is 11.7 Å². The highest BCUT2D eigenvalue weighted by Crippen LogP contribution is 2.46. The maximum Gasteiger partial charge on any atom is 0.319 e. The van der Waals surface area contributed by atoms with Crippen LogP contribution in [0.15, 0.2) is 29.8 Å². The molecule has 0 spiro atoms. The maximum absolute atomic E-state index is 12.3. The summed E-state index contributed by atoms with van der Waals surface area (Å²) in [5, 5.41) is 15.7. The molecular formula is C20H27N3O. The SMILES string of the molecule is CCC1(CC)Cc2ccccc2C(NC(=O)NCC(C)C)=C1C#N. The van der Waals surface area contributed by atoms with E-state index in [1.54, 1.807) is 0 Å².